The number of imidazole rings is 1. The van der Waals surface area contributed by atoms with Crippen molar-refractivity contribution < 1.29 is 19.1 Å². The Balaban J connectivity index is 2.90. The molecule has 0 saturated carbocycles. The number of esters is 1. The number of ether oxygens (including phenoxy) is 1. The lowest BCUT2D eigenvalue weighted by molar-refractivity contribution is -0.120. The summed E-state index contributed by atoms with van der Waals surface area (Å²) >= 11 is 0. The molecular weight excluding hydrogens is 228 g/mol. The summed E-state index contributed by atoms with van der Waals surface area (Å²) in [6, 6.07) is -0.951. The number of aryl methyl sites for hydroxylation is 1. The zero-order chi connectivity index (χ0) is 13.0. The molecule has 3 amide bonds. The standard InChI is InChI=1S/C9H12N4O4/c1-5-11-3-6(8(15)17-2)13(5)4-7(14)12-9(10)16/h3H,4H2,1-2H3,(H3,10,12,14,16). The van der Waals surface area contributed by atoms with Crippen molar-refractivity contribution in [1.29, 1.82) is 0 Å². The summed E-state index contributed by atoms with van der Waals surface area (Å²) < 4.78 is 5.85. The molecule has 1 aromatic rings. The van der Waals surface area contributed by atoms with Gasteiger partial charge in [-0.1, -0.05) is 0 Å². The highest BCUT2D eigenvalue weighted by atomic mass is 16.5. The second kappa shape index (κ2) is 5.10. The van der Waals surface area contributed by atoms with Gasteiger partial charge in [-0.05, 0) is 6.92 Å². The molecular formula is C9H12N4O4. The van der Waals surface area contributed by atoms with Crippen LogP contribution in [0.5, 0.6) is 0 Å². The smallest absolute Gasteiger partial charge is 0.356 e. The Labute approximate surface area is 96.7 Å². The number of rotatable bonds is 3. The number of nitrogens with zero attached hydrogens (tertiary/aromatic N) is 2. The molecule has 1 rings (SSSR count). The summed E-state index contributed by atoms with van der Waals surface area (Å²) in [7, 11) is 1.22. The fourth-order valence-electron chi connectivity index (χ4n) is 1.26. The van der Waals surface area contributed by atoms with Gasteiger partial charge < -0.3 is 15.0 Å². The number of carbonyl (C=O) groups is 3. The molecule has 1 aromatic heterocycles. The molecule has 0 aliphatic heterocycles. The summed E-state index contributed by atoms with van der Waals surface area (Å²) in [6.45, 7) is 1.38. The molecule has 8 nitrogen and oxygen atoms in total. The number of nitrogens with two attached hydrogens (primary N) is 1. The summed E-state index contributed by atoms with van der Waals surface area (Å²) in [4.78, 5) is 37.0. The second-order valence-corrected chi connectivity index (χ2v) is 3.18. The molecule has 0 aromatic carbocycles. The average molecular weight is 240 g/mol. The molecule has 0 radical (unpaired) electrons. The molecule has 8 heteroatoms. The van der Waals surface area contributed by atoms with Gasteiger partial charge >= 0.3 is 12.0 Å². The van der Waals surface area contributed by atoms with E-state index in [-0.39, 0.29) is 12.2 Å². The molecule has 0 aliphatic carbocycles. The van der Waals surface area contributed by atoms with Crippen molar-refractivity contribution in [2.45, 2.75) is 13.5 Å². The zero-order valence-electron chi connectivity index (χ0n) is 9.39. The van der Waals surface area contributed by atoms with Crippen molar-refractivity contribution >= 4 is 17.9 Å². The highest BCUT2D eigenvalue weighted by Crippen LogP contribution is 2.05. The maximum atomic E-state index is 11.3. The van der Waals surface area contributed by atoms with Crippen molar-refractivity contribution in [3.8, 4) is 0 Å². The van der Waals surface area contributed by atoms with E-state index >= 15 is 0 Å². The van der Waals surface area contributed by atoms with Gasteiger partial charge in [0.25, 0.3) is 0 Å². The first-order valence-electron chi connectivity index (χ1n) is 4.65. The molecule has 3 N–H and O–H groups in total. The van der Waals surface area contributed by atoms with Crippen LogP contribution in [0.25, 0.3) is 0 Å². The number of primary amides is 1. The Morgan fingerprint density at radius 3 is 2.71 bits per heavy atom. The Kier molecular flexibility index (Phi) is 3.81. The summed E-state index contributed by atoms with van der Waals surface area (Å²) in [5, 5.41) is 1.89. The van der Waals surface area contributed by atoms with Gasteiger partial charge in [0, 0.05) is 0 Å². The molecule has 17 heavy (non-hydrogen) atoms. The van der Waals surface area contributed by atoms with Crippen molar-refractivity contribution in [2.24, 2.45) is 5.73 Å². The number of hydrogen-bond donors (Lipinski definition) is 2. The third-order valence-electron chi connectivity index (χ3n) is 2.01. The first-order chi connectivity index (χ1) is 7.95. The van der Waals surface area contributed by atoms with Crippen LogP contribution in [0, 0.1) is 6.92 Å². The van der Waals surface area contributed by atoms with E-state index in [1.54, 1.807) is 6.92 Å². The predicted octanol–water partition coefficient (Wildman–Crippen LogP) is -0.827. The molecule has 0 spiro atoms. The van der Waals surface area contributed by atoms with Gasteiger partial charge in [0.1, 0.15) is 18.1 Å². The van der Waals surface area contributed by atoms with E-state index < -0.39 is 17.9 Å². The third kappa shape index (κ3) is 3.03. The normalized spacial score (nSPS) is 9.76. The Bertz CT molecular complexity index is 466. The molecule has 0 saturated heterocycles. The van der Waals surface area contributed by atoms with Crippen molar-refractivity contribution in [1.82, 2.24) is 14.9 Å². The number of imide groups is 1. The fourth-order valence-corrected chi connectivity index (χ4v) is 1.26. The molecule has 92 valence electrons. The largest absolute Gasteiger partial charge is 0.464 e. The van der Waals surface area contributed by atoms with Crippen molar-refractivity contribution in [3.05, 3.63) is 17.7 Å². The highest BCUT2D eigenvalue weighted by molar-refractivity contribution is 5.94. The lowest BCUT2D eigenvalue weighted by atomic mass is 10.4. The van der Waals surface area contributed by atoms with Crippen molar-refractivity contribution in [3.63, 3.8) is 0 Å². The van der Waals surface area contributed by atoms with Gasteiger partial charge in [0.05, 0.1) is 13.3 Å². The molecule has 0 fully saturated rings. The van der Waals surface area contributed by atoms with Crippen LogP contribution in [-0.2, 0) is 16.1 Å². The van der Waals surface area contributed by atoms with E-state index in [2.05, 4.69) is 9.72 Å². The van der Waals surface area contributed by atoms with Gasteiger partial charge in [0.15, 0.2) is 0 Å². The van der Waals surface area contributed by atoms with Crippen LogP contribution in [-0.4, -0.2) is 34.6 Å². The molecule has 0 unspecified atom stereocenters. The van der Waals surface area contributed by atoms with Crippen LogP contribution < -0.4 is 11.1 Å². The molecule has 1 heterocycles. The number of methoxy groups -OCH3 is 1. The van der Waals surface area contributed by atoms with E-state index in [0.717, 1.165) is 0 Å². The SMILES string of the molecule is COC(=O)c1cnc(C)n1CC(=O)NC(N)=O. The maximum absolute atomic E-state index is 11.3. The minimum atomic E-state index is -0.951. The average Bonchev–Trinajstić information content (AvgIpc) is 2.58. The number of urea groups is 1. The maximum Gasteiger partial charge on any atom is 0.356 e. The van der Waals surface area contributed by atoms with Crippen LogP contribution in [0.3, 0.4) is 0 Å². The summed E-state index contributed by atoms with van der Waals surface area (Å²) in [6.07, 6.45) is 1.29. The monoisotopic (exact) mass is 240 g/mol. The minimum absolute atomic E-state index is 0.129. The van der Waals surface area contributed by atoms with Gasteiger partial charge in [-0.25, -0.2) is 14.6 Å². The second-order valence-electron chi connectivity index (χ2n) is 3.18. The fraction of sp³-hybridized carbons (Fsp3) is 0.333. The van der Waals surface area contributed by atoms with E-state index in [1.807, 2.05) is 5.32 Å². The van der Waals surface area contributed by atoms with Crippen LogP contribution in [0.2, 0.25) is 0 Å². The quantitative estimate of drug-likeness (QED) is 0.669. The predicted molar refractivity (Wildman–Crippen MR) is 56.0 cm³/mol. The molecule has 0 aliphatic rings. The highest BCUT2D eigenvalue weighted by Gasteiger charge is 2.17. The summed E-state index contributed by atoms with van der Waals surface area (Å²) in [5.41, 5.74) is 4.93. The molecule has 0 atom stereocenters. The number of carbonyl (C=O) groups excluding carboxylic acids is 3. The van der Waals surface area contributed by atoms with Crippen molar-refractivity contribution in [2.75, 3.05) is 7.11 Å². The Hall–Kier alpha value is -2.38. The number of nitrogens with one attached hydrogen (secondary N) is 1. The number of hydrogen-bond acceptors (Lipinski definition) is 5. The Morgan fingerprint density at radius 2 is 2.18 bits per heavy atom. The van der Waals surface area contributed by atoms with Gasteiger partial charge in [0.2, 0.25) is 5.91 Å². The van der Waals surface area contributed by atoms with Gasteiger partial charge in [-0.2, -0.15) is 0 Å². The zero-order valence-corrected chi connectivity index (χ0v) is 9.39. The molecule has 0 bridgehead atoms. The van der Waals surface area contributed by atoms with Gasteiger partial charge in [-0.15, -0.1) is 0 Å². The van der Waals surface area contributed by atoms with Crippen LogP contribution in [0.4, 0.5) is 4.79 Å². The van der Waals surface area contributed by atoms with E-state index in [0.29, 0.717) is 5.82 Å². The number of aromatic nitrogens is 2. The van der Waals surface area contributed by atoms with E-state index in [1.165, 1.54) is 17.9 Å². The van der Waals surface area contributed by atoms with E-state index in [9.17, 15) is 14.4 Å². The first kappa shape index (κ1) is 12.7. The number of amides is 3. The lowest BCUT2D eigenvalue weighted by Gasteiger charge is -2.07. The Morgan fingerprint density at radius 1 is 1.53 bits per heavy atom. The first-order valence-corrected chi connectivity index (χ1v) is 4.65. The topological polar surface area (TPSA) is 116 Å². The van der Waals surface area contributed by atoms with E-state index in [4.69, 9.17) is 5.73 Å². The van der Waals surface area contributed by atoms with Crippen LogP contribution in [0.15, 0.2) is 6.20 Å². The lowest BCUT2D eigenvalue weighted by Crippen LogP contribution is -2.37. The third-order valence-corrected chi connectivity index (χ3v) is 2.01. The van der Waals surface area contributed by atoms with Crippen LogP contribution >= 0.6 is 0 Å². The summed E-state index contributed by atoms with van der Waals surface area (Å²) in [5.74, 6) is -0.800. The van der Waals surface area contributed by atoms with Crippen LogP contribution in [0.1, 0.15) is 16.3 Å². The van der Waals surface area contributed by atoms with Gasteiger partial charge in [-0.3, -0.25) is 10.1 Å². The minimum Gasteiger partial charge on any atom is -0.464 e.